The Hall–Kier alpha value is -1.36. The number of hydrogen-bond donors (Lipinski definition) is 1. The summed E-state index contributed by atoms with van der Waals surface area (Å²) in [6.07, 6.45) is 1.55. The summed E-state index contributed by atoms with van der Waals surface area (Å²) in [6.45, 7) is -0.0219. The van der Waals surface area contributed by atoms with Crippen molar-refractivity contribution in [1.29, 1.82) is 5.26 Å². The molecule has 0 amide bonds. The molecule has 0 spiro atoms. The standard InChI is InChI=1S/C7H4N2OS/c8-3-1-2-7-9-4-6(5-10)11-7/h4,10H,5H2. The van der Waals surface area contributed by atoms with E-state index < -0.39 is 0 Å². The normalized spacial score (nSPS) is 8.00. The predicted molar refractivity (Wildman–Crippen MR) is 40.5 cm³/mol. The Morgan fingerprint density at radius 2 is 2.55 bits per heavy atom. The van der Waals surface area contributed by atoms with Crippen molar-refractivity contribution >= 4 is 11.3 Å². The minimum Gasteiger partial charge on any atom is -0.391 e. The SMILES string of the molecule is N#CC#Cc1ncc(CO)s1. The molecule has 0 fully saturated rings. The molecule has 3 nitrogen and oxygen atoms in total. The Balaban J connectivity index is 2.83. The molecule has 0 saturated carbocycles. The lowest BCUT2D eigenvalue weighted by Crippen LogP contribution is -1.70. The summed E-state index contributed by atoms with van der Waals surface area (Å²) in [5.74, 6) is 4.76. The van der Waals surface area contributed by atoms with Gasteiger partial charge in [0, 0.05) is 12.1 Å². The number of thiazole rings is 1. The number of aromatic nitrogens is 1. The second-order valence-corrected chi connectivity index (χ2v) is 2.77. The van der Waals surface area contributed by atoms with Crippen molar-refractivity contribution in [3.8, 4) is 17.9 Å². The van der Waals surface area contributed by atoms with Gasteiger partial charge in [-0.05, 0) is 5.92 Å². The van der Waals surface area contributed by atoms with Gasteiger partial charge in [-0.3, -0.25) is 0 Å². The molecule has 11 heavy (non-hydrogen) atoms. The summed E-state index contributed by atoms with van der Waals surface area (Å²) in [5.41, 5.74) is 0. The third kappa shape index (κ3) is 2.05. The van der Waals surface area contributed by atoms with Crippen molar-refractivity contribution in [2.24, 2.45) is 0 Å². The second kappa shape index (κ2) is 3.72. The Morgan fingerprint density at radius 1 is 1.73 bits per heavy atom. The summed E-state index contributed by atoms with van der Waals surface area (Å²) < 4.78 is 0. The molecule has 0 aliphatic carbocycles. The van der Waals surface area contributed by atoms with E-state index in [-0.39, 0.29) is 6.61 Å². The van der Waals surface area contributed by atoms with Gasteiger partial charge < -0.3 is 5.11 Å². The number of rotatable bonds is 1. The van der Waals surface area contributed by atoms with E-state index in [0.717, 1.165) is 4.88 Å². The van der Waals surface area contributed by atoms with E-state index in [4.69, 9.17) is 10.4 Å². The molecule has 1 rings (SSSR count). The highest BCUT2D eigenvalue weighted by molar-refractivity contribution is 7.12. The van der Waals surface area contributed by atoms with Crippen LogP contribution in [-0.2, 0) is 6.61 Å². The molecule has 1 heterocycles. The fraction of sp³-hybridized carbons (Fsp3) is 0.143. The molecule has 1 aromatic rings. The van der Waals surface area contributed by atoms with Crippen LogP contribution in [0.5, 0.6) is 0 Å². The van der Waals surface area contributed by atoms with E-state index in [1.807, 2.05) is 0 Å². The summed E-state index contributed by atoms with van der Waals surface area (Å²) in [4.78, 5) is 4.62. The van der Waals surface area contributed by atoms with Crippen molar-refractivity contribution in [2.75, 3.05) is 0 Å². The number of hydrogen-bond acceptors (Lipinski definition) is 4. The molecule has 0 aliphatic rings. The average molecular weight is 164 g/mol. The van der Waals surface area contributed by atoms with Crippen LogP contribution in [0, 0.1) is 23.2 Å². The molecule has 0 bridgehead atoms. The van der Waals surface area contributed by atoms with E-state index in [1.165, 1.54) is 11.3 Å². The molecule has 4 heteroatoms. The molecule has 0 saturated heterocycles. The van der Waals surface area contributed by atoms with E-state index in [1.54, 1.807) is 12.3 Å². The average Bonchev–Trinajstić information content (AvgIpc) is 2.48. The lowest BCUT2D eigenvalue weighted by molar-refractivity contribution is 0.285. The lowest BCUT2D eigenvalue weighted by atomic mass is 10.6. The minimum absolute atomic E-state index is 0.0219. The maximum Gasteiger partial charge on any atom is 0.168 e. The first-order valence-electron chi connectivity index (χ1n) is 2.82. The number of nitriles is 1. The van der Waals surface area contributed by atoms with Crippen LogP contribution in [0.25, 0.3) is 0 Å². The summed E-state index contributed by atoms with van der Waals surface area (Å²) >= 11 is 1.29. The first-order chi connectivity index (χ1) is 5.36. The monoisotopic (exact) mass is 164 g/mol. The molecular formula is C7H4N2OS. The fourth-order valence-electron chi connectivity index (χ4n) is 0.520. The van der Waals surface area contributed by atoms with Gasteiger partial charge in [-0.1, -0.05) is 0 Å². The van der Waals surface area contributed by atoms with Gasteiger partial charge in [0.2, 0.25) is 0 Å². The topological polar surface area (TPSA) is 56.9 Å². The third-order valence-electron chi connectivity index (χ3n) is 0.935. The van der Waals surface area contributed by atoms with Crippen molar-refractivity contribution < 1.29 is 5.11 Å². The molecule has 54 valence electrons. The van der Waals surface area contributed by atoms with E-state index in [0.29, 0.717) is 5.01 Å². The van der Waals surface area contributed by atoms with Crippen LogP contribution >= 0.6 is 11.3 Å². The Labute approximate surface area is 67.9 Å². The van der Waals surface area contributed by atoms with E-state index in [2.05, 4.69) is 16.8 Å². The van der Waals surface area contributed by atoms with E-state index >= 15 is 0 Å². The quantitative estimate of drug-likeness (QED) is 0.615. The highest BCUT2D eigenvalue weighted by Gasteiger charge is 1.95. The first-order valence-corrected chi connectivity index (χ1v) is 3.64. The zero-order valence-electron chi connectivity index (χ0n) is 5.53. The van der Waals surface area contributed by atoms with Crippen LogP contribution in [0.2, 0.25) is 0 Å². The third-order valence-corrected chi connectivity index (χ3v) is 1.83. The van der Waals surface area contributed by atoms with Gasteiger partial charge in [-0.2, -0.15) is 5.26 Å². The largest absolute Gasteiger partial charge is 0.391 e. The van der Waals surface area contributed by atoms with Gasteiger partial charge in [-0.15, -0.1) is 11.3 Å². The number of nitrogens with zero attached hydrogens (tertiary/aromatic N) is 2. The van der Waals surface area contributed by atoms with Crippen molar-refractivity contribution in [1.82, 2.24) is 4.98 Å². The van der Waals surface area contributed by atoms with Gasteiger partial charge in [0.05, 0.1) is 11.5 Å². The Kier molecular flexibility index (Phi) is 2.62. The Morgan fingerprint density at radius 3 is 3.09 bits per heavy atom. The van der Waals surface area contributed by atoms with Crippen LogP contribution in [0.3, 0.4) is 0 Å². The first kappa shape index (κ1) is 7.74. The summed E-state index contributed by atoms with van der Waals surface area (Å²) in [6, 6.07) is 1.69. The van der Waals surface area contributed by atoms with Crippen LogP contribution in [0.15, 0.2) is 6.20 Å². The highest BCUT2D eigenvalue weighted by Crippen LogP contribution is 2.10. The summed E-state index contributed by atoms with van der Waals surface area (Å²) in [5, 5.41) is 17.3. The van der Waals surface area contributed by atoms with Gasteiger partial charge in [0.15, 0.2) is 11.1 Å². The smallest absolute Gasteiger partial charge is 0.168 e. The molecule has 0 unspecified atom stereocenters. The lowest BCUT2D eigenvalue weighted by Gasteiger charge is -1.78. The molecule has 1 N–H and O–H groups in total. The number of aliphatic hydroxyl groups is 1. The Bertz CT molecular complexity index is 339. The van der Waals surface area contributed by atoms with Crippen LogP contribution in [0.4, 0.5) is 0 Å². The van der Waals surface area contributed by atoms with Crippen molar-refractivity contribution in [3.05, 3.63) is 16.1 Å². The number of aliphatic hydroxyl groups excluding tert-OH is 1. The van der Waals surface area contributed by atoms with Gasteiger partial charge in [0.25, 0.3) is 0 Å². The summed E-state index contributed by atoms with van der Waals surface area (Å²) in [7, 11) is 0. The minimum atomic E-state index is -0.0219. The molecule has 0 atom stereocenters. The zero-order chi connectivity index (χ0) is 8.10. The molecular weight excluding hydrogens is 160 g/mol. The van der Waals surface area contributed by atoms with Crippen LogP contribution in [0.1, 0.15) is 9.88 Å². The van der Waals surface area contributed by atoms with E-state index in [9.17, 15) is 0 Å². The predicted octanol–water partition coefficient (Wildman–Crippen LogP) is 0.510. The second-order valence-electron chi connectivity index (χ2n) is 1.65. The van der Waals surface area contributed by atoms with Crippen LogP contribution < -0.4 is 0 Å². The van der Waals surface area contributed by atoms with Crippen LogP contribution in [-0.4, -0.2) is 10.1 Å². The van der Waals surface area contributed by atoms with Crippen molar-refractivity contribution in [3.63, 3.8) is 0 Å². The molecule has 0 aliphatic heterocycles. The van der Waals surface area contributed by atoms with Gasteiger partial charge in [-0.25, -0.2) is 4.98 Å². The van der Waals surface area contributed by atoms with Crippen molar-refractivity contribution in [2.45, 2.75) is 6.61 Å². The highest BCUT2D eigenvalue weighted by atomic mass is 32.1. The maximum absolute atomic E-state index is 8.63. The zero-order valence-corrected chi connectivity index (χ0v) is 6.35. The molecule has 1 aromatic heterocycles. The van der Waals surface area contributed by atoms with Gasteiger partial charge in [0.1, 0.15) is 0 Å². The fourth-order valence-corrected chi connectivity index (χ4v) is 1.15. The molecule has 0 aromatic carbocycles. The maximum atomic E-state index is 8.63. The molecule has 0 radical (unpaired) electrons. The van der Waals surface area contributed by atoms with Gasteiger partial charge >= 0.3 is 0 Å².